The molecule has 5 rings (SSSR count). The van der Waals surface area contributed by atoms with E-state index >= 15 is 0 Å². The number of aromatic nitrogens is 4. The SMILES string of the molecule is CNC(=O)N1CCN(c2cc(S(=O)(=O)N=C3COC3)cc3c2cnn3-c2nnc(C(F)F)s2)CC1CC(F)F. The zero-order valence-corrected chi connectivity index (χ0v) is 21.9. The number of urea groups is 1. The normalized spacial score (nSPS) is 18.2. The third-order valence-corrected chi connectivity index (χ3v) is 8.51. The predicted molar refractivity (Wildman–Crippen MR) is 133 cm³/mol. The van der Waals surface area contributed by atoms with Gasteiger partial charge in [-0.25, -0.2) is 27.0 Å². The maximum absolute atomic E-state index is 13.4. The number of sulfonamides is 1. The lowest BCUT2D eigenvalue weighted by Gasteiger charge is -2.42. The molecule has 0 radical (unpaired) electrons. The van der Waals surface area contributed by atoms with Gasteiger partial charge in [0.15, 0.2) is 5.01 Å². The van der Waals surface area contributed by atoms with E-state index in [1.807, 2.05) is 0 Å². The summed E-state index contributed by atoms with van der Waals surface area (Å²) in [5.41, 5.74) is 0.885. The van der Waals surface area contributed by atoms with Crippen LogP contribution in [0.5, 0.6) is 0 Å². The first kappa shape index (κ1) is 27.2. The molecule has 39 heavy (non-hydrogen) atoms. The topological polar surface area (TPSA) is 135 Å². The third kappa shape index (κ3) is 5.40. The van der Waals surface area contributed by atoms with Gasteiger partial charge in [-0.15, -0.1) is 10.2 Å². The second-order valence-electron chi connectivity index (χ2n) is 8.76. The van der Waals surface area contributed by atoms with Crippen LogP contribution in [0.2, 0.25) is 0 Å². The summed E-state index contributed by atoms with van der Waals surface area (Å²) < 4.78 is 89.5. The second-order valence-corrected chi connectivity index (χ2v) is 11.3. The molecule has 2 saturated heterocycles. The number of amides is 2. The van der Waals surface area contributed by atoms with Crippen molar-refractivity contribution < 1.29 is 35.5 Å². The summed E-state index contributed by atoms with van der Waals surface area (Å²) in [6, 6.07) is 1.30. The molecule has 12 nitrogen and oxygen atoms in total. The molecule has 2 fully saturated rings. The average Bonchev–Trinajstić information content (AvgIpc) is 3.52. The maximum atomic E-state index is 13.4. The highest BCUT2D eigenvalue weighted by molar-refractivity contribution is 7.90. The molecule has 0 spiro atoms. The van der Waals surface area contributed by atoms with Crippen molar-refractivity contribution in [2.24, 2.45) is 4.40 Å². The Morgan fingerprint density at radius 1 is 1.23 bits per heavy atom. The van der Waals surface area contributed by atoms with Crippen molar-refractivity contribution >= 4 is 49.7 Å². The van der Waals surface area contributed by atoms with Crippen LogP contribution in [0.3, 0.4) is 0 Å². The number of benzene rings is 1. The molecule has 18 heteroatoms. The van der Waals surface area contributed by atoms with Gasteiger partial charge in [-0.05, 0) is 12.1 Å². The van der Waals surface area contributed by atoms with Gasteiger partial charge in [0.25, 0.3) is 16.4 Å². The van der Waals surface area contributed by atoms with Gasteiger partial charge in [-0.2, -0.15) is 17.9 Å². The number of ether oxygens (including phenoxy) is 1. The van der Waals surface area contributed by atoms with Crippen molar-refractivity contribution in [1.82, 2.24) is 30.2 Å². The van der Waals surface area contributed by atoms with Crippen LogP contribution in [0.4, 0.5) is 28.0 Å². The van der Waals surface area contributed by atoms with E-state index in [2.05, 4.69) is 25.0 Å². The van der Waals surface area contributed by atoms with Crippen LogP contribution in [-0.2, 0) is 14.8 Å². The van der Waals surface area contributed by atoms with Gasteiger partial charge in [-0.3, -0.25) is 0 Å². The van der Waals surface area contributed by atoms with E-state index in [-0.39, 0.29) is 48.4 Å². The highest BCUT2D eigenvalue weighted by Crippen LogP contribution is 2.35. The highest BCUT2D eigenvalue weighted by Gasteiger charge is 2.34. The van der Waals surface area contributed by atoms with E-state index in [4.69, 9.17) is 4.74 Å². The van der Waals surface area contributed by atoms with Crippen LogP contribution < -0.4 is 10.2 Å². The molecule has 1 aromatic carbocycles. The van der Waals surface area contributed by atoms with E-state index in [1.54, 1.807) is 4.90 Å². The minimum atomic E-state index is -4.23. The molecule has 0 bridgehead atoms. The molecule has 3 aromatic rings. The van der Waals surface area contributed by atoms with E-state index in [9.17, 15) is 30.8 Å². The van der Waals surface area contributed by atoms with Crippen LogP contribution in [0.15, 0.2) is 27.6 Å². The largest absolute Gasteiger partial charge is 0.369 e. The monoisotopic (exact) mass is 590 g/mol. The Morgan fingerprint density at radius 3 is 2.62 bits per heavy atom. The number of carbonyl (C=O) groups is 1. The van der Waals surface area contributed by atoms with Crippen LogP contribution in [0, 0.1) is 0 Å². The van der Waals surface area contributed by atoms with Gasteiger partial charge in [0.2, 0.25) is 11.6 Å². The lowest BCUT2D eigenvalue weighted by Crippen LogP contribution is -2.57. The Morgan fingerprint density at radius 2 is 2.00 bits per heavy atom. The van der Waals surface area contributed by atoms with Crippen molar-refractivity contribution in [3.05, 3.63) is 23.3 Å². The molecular formula is C21H22F4N8O4S2. The summed E-state index contributed by atoms with van der Waals surface area (Å²) in [4.78, 5) is 15.1. The van der Waals surface area contributed by atoms with E-state index in [0.29, 0.717) is 28.1 Å². The van der Waals surface area contributed by atoms with Gasteiger partial charge >= 0.3 is 6.03 Å². The minimum Gasteiger partial charge on any atom is -0.369 e. The summed E-state index contributed by atoms with van der Waals surface area (Å²) in [5.74, 6) is 0. The molecule has 2 aliphatic heterocycles. The van der Waals surface area contributed by atoms with Crippen molar-refractivity contribution in [2.45, 2.75) is 30.2 Å². The molecule has 4 heterocycles. The second kappa shape index (κ2) is 10.6. The number of hydrogen-bond donors (Lipinski definition) is 1. The maximum Gasteiger partial charge on any atom is 0.317 e. The van der Waals surface area contributed by atoms with Gasteiger partial charge < -0.3 is 19.9 Å². The fraction of sp³-hybridized carbons (Fsp3) is 0.476. The molecule has 1 N–H and O–H groups in total. The number of alkyl halides is 4. The number of anilines is 1. The number of fused-ring (bicyclic) bond motifs is 1. The van der Waals surface area contributed by atoms with Gasteiger partial charge in [0.1, 0.15) is 0 Å². The zero-order chi connectivity index (χ0) is 27.9. The number of hydrogen-bond acceptors (Lipinski definition) is 9. The zero-order valence-electron chi connectivity index (χ0n) is 20.3. The first-order chi connectivity index (χ1) is 18.6. The van der Waals surface area contributed by atoms with E-state index in [0.717, 1.165) is 0 Å². The predicted octanol–water partition coefficient (Wildman–Crippen LogP) is 2.46. The number of carbonyl (C=O) groups excluding carboxylic acids is 1. The van der Waals surface area contributed by atoms with Gasteiger partial charge in [-0.1, -0.05) is 11.3 Å². The lowest BCUT2D eigenvalue weighted by molar-refractivity contribution is 0.0866. The Labute approximate surface area is 223 Å². The molecule has 0 saturated carbocycles. The Hall–Kier alpha value is -3.38. The Bertz CT molecular complexity index is 1520. The molecule has 210 valence electrons. The van der Waals surface area contributed by atoms with E-state index in [1.165, 1.54) is 35.0 Å². The summed E-state index contributed by atoms with van der Waals surface area (Å²) in [5, 5.41) is 13.8. The molecule has 2 amide bonds. The van der Waals surface area contributed by atoms with Crippen molar-refractivity contribution in [3.63, 3.8) is 0 Å². The fourth-order valence-corrected chi connectivity index (χ4v) is 6.15. The smallest absolute Gasteiger partial charge is 0.317 e. The molecule has 1 atom stereocenters. The Balaban J connectivity index is 1.62. The average molecular weight is 591 g/mol. The summed E-state index contributed by atoms with van der Waals surface area (Å²) in [7, 11) is -2.82. The lowest BCUT2D eigenvalue weighted by atomic mass is 10.1. The van der Waals surface area contributed by atoms with E-state index < -0.39 is 46.4 Å². The van der Waals surface area contributed by atoms with Crippen LogP contribution >= 0.6 is 11.3 Å². The quantitative estimate of drug-likeness (QED) is 0.415. The molecule has 2 aliphatic rings. The molecular weight excluding hydrogens is 568 g/mol. The van der Waals surface area contributed by atoms with Crippen LogP contribution in [0.25, 0.3) is 16.0 Å². The van der Waals surface area contributed by atoms with Gasteiger partial charge in [0.05, 0.1) is 41.6 Å². The fourth-order valence-electron chi connectivity index (χ4n) is 4.41. The third-order valence-electron chi connectivity index (χ3n) is 6.27. The van der Waals surface area contributed by atoms with Crippen molar-refractivity contribution in [1.29, 1.82) is 0 Å². The van der Waals surface area contributed by atoms with Gasteiger partial charge in [0, 0.05) is 44.2 Å². The number of nitrogens with one attached hydrogen (secondary N) is 1. The van der Waals surface area contributed by atoms with Crippen LogP contribution in [0.1, 0.15) is 17.9 Å². The molecule has 2 aromatic heterocycles. The van der Waals surface area contributed by atoms with Crippen molar-refractivity contribution in [2.75, 3.05) is 44.8 Å². The first-order valence-electron chi connectivity index (χ1n) is 11.6. The minimum absolute atomic E-state index is 0.0143. The van der Waals surface area contributed by atoms with Crippen molar-refractivity contribution in [3.8, 4) is 5.13 Å². The Kier molecular flexibility index (Phi) is 7.43. The number of rotatable bonds is 7. The van der Waals surface area contributed by atoms with Crippen LogP contribution in [-0.4, -0.2) is 97.4 Å². The number of halogens is 4. The standard InChI is InChI=1S/C21H22F4N8O4S2/c1-26-20(34)32-3-2-31(8-12(32)4-17(22)23)15-5-13(39(35,36)30-11-9-37-10-11)6-16-14(15)7-27-33(16)21-29-28-19(38-21)18(24)25/h5-7,12,17-18H,2-4,8-10H2,1H3,(H,26,34). The first-order valence-corrected chi connectivity index (χ1v) is 13.9. The molecule has 1 unspecified atom stereocenters. The summed E-state index contributed by atoms with van der Waals surface area (Å²) in [6.45, 7) is 0.428. The number of piperazine rings is 1. The summed E-state index contributed by atoms with van der Waals surface area (Å²) >= 11 is 0.592. The highest BCUT2D eigenvalue weighted by atomic mass is 32.2. The molecule has 0 aliphatic carbocycles. The number of nitrogens with zero attached hydrogens (tertiary/aromatic N) is 7. The summed E-state index contributed by atoms with van der Waals surface area (Å²) in [6.07, 6.45) is -4.71.